The fourth-order valence-corrected chi connectivity index (χ4v) is 1.48. The molecule has 1 N–H and O–H groups in total. The van der Waals surface area contributed by atoms with Gasteiger partial charge in [0.2, 0.25) is 0 Å². The van der Waals surface area contributed by atoms with E-state index in [1.807, 2.05) is 49.6 Å². The van der Waals surface area contributed by atoms with E-state index in [1.54, 1.807) is 0 Å². The van der Waals surface area contributed by atoms with Gasteiger partial charge in [0.15, 0.2) is 11.5 Å². The maximum Gasteiger partial charge on any atom is 0.408 e. The first kappa shape index (κ1) is 12.3. The van der Waals surface area contributed by atoms with Gasteiger partial charge in [-0.2, -0.15) is 0 Å². The first-order chi connectivity index (χ1) is 8.46. The number of aromatic nitrogens is 3. The van der Waals surface area contributed by atoms with Gasteiger partial charge in [0.25, 0.3) is 0 Å². The Hall–Kier alpha value is -2.11. The lowest BCUT2D eigenvalue weighted by Gasteiger charge is -2.19. The average Bonchev–Trinajstić information content (AvgIpc) is 2.67. The maximum atomic E-state index is 11.5. The zero-order valence-corrected chi connectivity index (χ0v) is 10.7. The van der Waals surface area contributed by atoms with E-state index >= 15 is 0 Å². The molecule has 96 valence electrons. The number of carbonyl (C=O) groups is 1. The van der Waals surface area contributed by atoms with Crippen molar-refractivity contribution in [3.63, 3.8) is 0 Å². The van der Waals surface area contributed by atoms with E-state index in [4.69, 9.17) is 4.74 Å². The van der Waals surface area contributed by atoms with Gasteiger partial charge >= 0.3 is 6.09 Å². The molecule has 0 saturated carbocycles. The minimum absolute atomic E-state index is 0.278. The van der Waals surface area contributed by atoms with Crippen molar-refractivity contribution in [1.82, 2.24) is 19.9 Å². The highest BCUT2D eigenvalue weighted by Gasteiger charge is 2.16. The quantitative estimate of drug-likeness (QED) is 0.879. The SMILES string of the molecule is CC(C)(C)OC(=O)NCc1nnc2ccccn12. The van der Waals surface area contributed by atoms with E-state index < -0.39 is 11.7 Å². The number of carbonyl (C=O) groups excluding carboxylic acids is 1. The predicted molar refractivity (Wildman–Crippen MR) is 66.1 cm³/mol. The molecule has 0 aliphatic heterocycles. The van der Waals surface area contributed by atoms with Crippen molar-refractivity contribution in [2.75, 3.05) is 0 Å². The second-order valence-corrected chi connectivity index (χ2v) is 4.90. The van der Waals surface area contributed by atoms with E-state index in [0.29, 0.717) is 5.82 Å². The van der Waals surface area contributed by atoms with Crippen LogP contribution in [0.5, 0.6) is 0 Å². The largest absolute Gasteiger partial charge is 0.444 e. The fraction of sp³-hybridized carbons (Fsp3) is 0.417. The monoisotopic (exact) mass is 248 g/mol. The van der Waals surface area contributed by atoms with Gasteiger partial charge in [-0.15, -0.1) is 10.2 Å². The third kappa shape index (κ3) is 2.97. The molecule has 0 fully saturated rings. The molecule has 6 nitrogen and oxygen atoms in total. The van der Waals surface area contributed by atoms with Crippen molar-refractivity contribution in [3.8, 4) is 0 Å². The number of nitrogens with zero attached hydrogens (tertiary/aromatic N) is 3. The van der Waals surface area contributed by atoms with Gasteiger partial charge in [-0.3, -0.25) is 4.40 Å². The molecule has 2 aromatic heterocycles. The van der Waals surface area contributed by atoms with Crippen LogP contribution in [-0.4, -0.2) is 26.3 Å². The summed E-state index contributed by atoms with van der Waals surface area (Å²) >= 11 is 0. The number of rotatable bonds is 2. The van der Waals surface area contributed by atoms with E-state index in [9.17, 15) is 4.79 Å². The van der Waals surface area contributed by atoms with Crippen LogP contribution in [0.4, 0.5) is 4.79 Å². The van der Waals surface area contributed by atoms with E-state index in [-0.39, 0.29) is 6.54 Å². The Kier molecular flexibility index (Phi) is 3.18. The highest BCUT2D eigenvalue weighted by molar-refractivity contribution is 5.67. The molecule has 0 atom stereocenters. The number of alkyl carbamates (subject to hydrolysis) is 1. The number of amides is 1. The van der Waals surface area contributed by atoms with Gasteiger partial charge in [-0.25, -0.2) is 4.79 Å². The molecule has 2 aromatic rings. The summed E-state index contributed by atoms with van der Waals surface area (Å²) in [7, 11) is 0. The molecule has 0 unspecified atom stereocenters. The van der Waals surface area contributed by atoms with Crippen LogP contribution >= 0.6 is 0 Å². The minimum atomic E-state index is -0.503. The Labute approximate surface area is 105 Å². The summed E-state index contributed by atoms with van der Waals surface area (Å²) in [4.78, 5) is 11.5. The molecule has 0 radical (unpaired) electrons. The second kappa shape index (κ2) is 4.64. The third-order valence-electron chi connectivity index (χ3n) is 2.17. The number of hydrogen-bond acceptors (Lipinski definition) is 4. The number of nitrogens with one attached hydrogen (secondary N) is 1. The van der Waals surface area contributed by atoms with E-state index in [2.05, 4.69) is 15.5 Å². The van der Waals surface area contributed by atoms with Gasteiger partial charge in [0.1, 0.15) is 5.60 Å². The number of fused-ring (bicyclic) bond motifs is 1. The smallest absolute Gasteiger partial charge is 0.408 e. The summed E-state index contributed by atoms with van der Waals surface area (Å²) in [6, 6.07) is 5.62. The Morgan fingerprint density at radius 2 is 2.17 bits per heavy atom. The molecular weight excluding hydrogens is 232 g/mol. The standard InChI is InChI=1S/C12H16N4O2/c1-12(2,3)18-11(17)13-8-10-15-14-9-6-4-5-7-16(9)10/h4-7H,8H2,1-3H3,(H,13,17). The summed E-state index contributed by atoms with van der Waals surface area (Å²) in [5.41, 5.74) is 0.246. The minimum Gasteiger partial charge on any atom is -0.444 e. The number of ether oxygens (including phenoxy) is 1. The molecule has 0 saturated heterocycles. The van der Waals surface area contributed by atoms with Crippen LogP contribution in [0.1, 0.15) is 26.6 Å². The number of pyridine rings is 1. The lowest BCUT2D eigenvalue weighted by Crippen LogP contribution is -2.32. The second-order valence-electron chi connectivity index (χ2n) is 4.90. The maximum absolute atomic E-state index is 11.5. The van der Waals surface area contributed by atoms with Crippen molar-refractivity contribution in [1.29, 1.82) is 0 Å². The Morgan fingerprint density at radius 3 is 2.89 bits per heavy atom. The van der Waals surface area contributed by atoms with Gasteiger partial charge in [0.05, 0.1) is 6.54 Å². The van der Waals surface area contributed by atoms with Crippen molar-refractivity contribution in [3.05, 3.63) is 30.2 Å². The van der Waals surface area contributed by atoms with Crippen LogP contribution in [0.2, 0.25) is 0 Å². The topological polar surface area (TPSA) is 68.5 Å². The molecule has 0 spiro atoms. The lowest BCUT2D eigenvalue weighted by atomic mass is 10.2. The fourth-order valence-electron chi connectivity index (χ4n) is 1.48. The zero-order chi connectivity index (χ0) is 13.2. The Morgan fingerprint density at radius 1 is 1.39 bits per heavy atom. The predicted octanol–water partition coefficient (Wildman–Crippen LogP) is 1.75. The Bertz CT molecular complexity index is 556. The van der Waals surface area contributed by atoms with E-state index in [0.717, 1.165) is 5.65 Å². The zero-order valence-electron chi connectivity index (χ0n) is 10.7. The molecule has 2 rings (SSSR count). The van der Waals surface area contributed by atoms with Gasteiger partial charge in [-0.1, -0.05) is 6.07 Å². The van der Waals surface area contributed by atoms with Crippen LogP contribution in [0.3, 0.4) is 0 Å². The van der Waals surface area contributed by atoms with Crippen LogP contribution in [0, 0.1) is 0 Å². The first-order valence-electron chi connectivity index (χ1n) is 5.71. The van der Waals surface area contributed by atoms with Gasteiger partial charge in [-0.05, 0) is 32.9 Å². The third-order valence-corrected chi connectivity index (χ3v) is 2.17. The molecule has 6 heteroatoms. The highest BCUT2D eigenvalue weighted by Crippen LogP contribution is 2.07. The molecule has 0 aliphatic rings. The van der Waals surface area contributed by atoms with Crippen LogP contribution in [0.15, 0.2) is 24.4 Å². The summed E-state index contributed by atoms with van der Waals surface area (Å²) in [6.07, 6.45) is 1.39. The molecular formula is C12H16N4O2. The van der Waals surface area contributed by atoms with Gasteiger partial charge < -0.3 is 10.1 Å². The summed E-state index contributed by atoms with van der Waals surface area (Å²) in [5.74, 6) is 0.663. The van der Waals surface area contributed by atoms with Crippen LogP contribution in [0.25, 0.3) is 5.65 Å². The highest BCUT2D eigenvalue weighted by atomic mass is 16.6. The molecule has 18 heavy (non-hydrogen) atoms. The van der Waals surface area contributed by atoms with Crippen molar-refractivity contribution < 1.29 is 9.53 Å². The summed E-state index contributed by atoms with van der Waals surface area (Å²) in [5, 5.41) is 10.6. The average molecular weight is 248 g/mol. The first-order valence-corrected chi connectivity index (χ1v) is 5.71. The molecule has 2 heterocycles. The lowest BCUT2D eigenvalue weighted by molar-refractivity contribution is 0.0522. The summed E-state index contributed by atoms with van der Waals surface area (Å²) < 4.78 is 6.96. The summed E-state index contributed by atoms with van der Waals surface area (Å²) in [6.45, 7) is 5.73. The van der Waals surface area contributed by atoms with Crippen LogP contribution < -0.4 is 5.32 Å². The van der Waals surface area contributed by atoms with Crippen LogP contribution in [-0.2, 0) is 11.3 Å². The molecule has 0 bridgehead atoms. The van der Waals surface area contributed by atoms with E-state index in [1.165, 1.54) is 0 Å². The molecule has 0 aromatic carbocycles. The van der Waals surface area contributed by atoms with Crippen molar-refractivity contribution in [2.24, 2.45) is 0 Å². The molecule has 0 aliphatic carbocycles. The molecule has 1 amide bonds. The normalized spacial score (nSPS) is 11.5. The number of hydrogen-bond donors (Lipinski definition) is 1. The Balaban J connectivity index is 2.00. The van der Waals surface area contributed by atoms with Gasteiger partial charge in [0, 0.05) is 6.20 Å². The van der Waals surface area contributed by atoms with Crippen molar-refractivity contribution in [2.45, 2.75) is 32.9 Å². The van der Waals surface area contributed by atoms with Crippen molar-refractivity contribution >= 4 is 11.7 Å².